The van der Waals surface area contributed by atoms with Gasteiger partial charge in [0.15, 0.2) is 0 Å². The van der Waals surface area contributed by atoms with E-state index in [-0.39, 0.29) is 12.0 Å². The quantitative estimate of drug-likeness (QED) is 0.735. The van der Waals surface area contributed by atoms with Gasteiger partial charge < -0.3 is 10.1 Å². The third kappa shape index (κ3) is 3.58. The molecule has 138 valence electrons. The summed E-state index contributed by atoms with van der Waals surface area (Å²) in [5.41, 5.74) is 4.49. The minimum absolute atomic E-state index is 0.0434. The van der Waals surface area contributed by atoms with Gasteiger partial charge in [0.05, 0.1) is 22.9 Å². The molecule has 1 fully saturated rings. The molecule has 3 aromatic rings. The molecule has 1 saturated heterocycles. The second-order valence-corrected chi connectivity index (χ2v) is 6.90. The first-order valence-corrected chi connectivity index (χ1v) is 9.64. The SMILES string of the molecule is CCc1c(-c2ccccc2)nc2ccccc2c1C(=O)NC[C@@H]1CCCO1. The van der Waals surface area contributed by atoms with E-state index in [9.17, 15) is 4.79 Å². The average Bonchev–Trinajstić information content (AvgIpc) is 3.25. The summed E-state index contributed by atoms with van der Waals surface area (Å²) < 4.78 is 5.65. The van der Waals surface area contributed by atoms with Crippen molar-refractivity contribution >= 4 is 16.8 Å². The number of amides is 1. The lowest BCUT2D eigenvalue weighted by molar-refractivity contribution is 0.0858. The molecule has 4 heteroatoms. The maximum absolute atomic E-state index is 13.2. The number of para-hydroxylation sites is 1. The summed E-state index contributed by atoms with van der Waals surface area (Å²) >= 11 is 0. The smallest absolute Gasteiger partial charge is 0.252 e. The number of aromatic nitrogens is 1. The van der Waals surface area contributed by atoms with Gasteiger partial charge in [0, 0.05) is 24.1 Å². The summed E-state index contributed by atoms with van der Waals surface area (Å²) in [5.74, 6) is -0.0434. The van der Waals surface area contributed by atoms with Crippen LogP contribution in [-0.4, -0.2) is 30.1 Å². The van der Waals surface area contributed by atoms with E-state index in [2.05, 4.69) is 12.2 Å². The highest BCUT2D eigenvalue weighted by Gasteiger charge is 2.22. The van der Waals surface area contributed by atoms with E-state index in [1.807, 2.05) is 54.6 Å². The van der Waals surface area contributed by atoms with Crippen LogP contribution in [-0.2, 0) is 11.2 Å². The lowest BCUT2D eigenvalue weighted by Crippen LogP contribution is -2.32. The molecule has 0 spiro atoms. The average molecular weight is 360 g/mol. The largest absolute Gasteiger partial charge is 0.376 e. The van der Waals surface area contributed by atoms with Crippen molar-refractivity contribution in [3.63, 3.8) is 0 Å². The molecule has 0 unspecified atom stereocenters. The summed E-state index contributed by atoms with van der Waals surface area (Å²) in [6.07, 6.45) is 2.94. The number of pyridine rings is 1. The van der Waals surface area contributed by atoms with Crippen molar-refractivity contribution in [2.24, 2.45) is 0 Å². The highest BCUT2D eigenvalue weighted by Crippen LogP contribution is 2.30. The highest BCUT2D eigenvalue weighted by molar-refractivity contribution is 6.09. The minimum Gasteiger partial charge on any atom is -0.376 e. The Morgan fingerprint density at radius 3 is 2.67 bits per heavy atom. The fourth-order valence-electron chi connectivity index (χ4n) is 3.79. The molecule has 4 rings (SSSR count). The lowest BCUT2D eigenvalue weighted by atomic mass is 9.94. The maximum Gasteiger partial charge on any atom is 0.252 e. The Morgan fingerprint density at radius 2 is 1.93 bits per heavy atom. The van der Waals surface area contributed by atoms with Crippen molar-refractivity contribution in [3.05, 3.63) is 65.7 Å². The molecular formula is C23H24N2O2. The second kappa shape index (κ2) is 7.89. The zero-order valence-corrected chi connectivity index (χ0v) is 15.6. The number of carbonyl (C=O) groups is 1. The van der Waals surface area contributed by atoms with Gasteiger partial charge in [-0.3, -0.25) is 4.79 Å². The molecule has 1 aliphatic heterocycles. The predicted molar refractivity (Wildman–Crippen MR) is 108 cm³/mol. The number of carbonyl (C=O) groups excluding carboxylic acids is 1. The molecule has 2 aromatic carbocycles. The molecule has 2 heterocycles. The van der Waals surface area contributed by atoms with E-state index < -0.39 is 0 Å². The number of rotatable bonds is 5. The molecule has 0 bridgehead atoms. The number of benzene rings is 2. The van der Waals surface area contributed by atoms with Gasteiger partial charge in [-0.25, -0.2) is 4.98 Å². The summed E-state index contributed by atoms with van der Waals surface area (Å²) in [4.78, 5) is 18.1. The third-order valence-corrected chi connectivity index (χ3v) is 5.14. The first-order valence-electron chi connectivity index (χ1n) is 9.64. The van der Waals surface area contributed by atoms with Gasteiger partial charge in [-0.05, 0) is 30.9 Å². The standard InChI is InChI=1S/C23H24N2O2/c1-2-18-21(23(26)24-15-17-11-8-14-27-17)19-12-6-7-13-20(19)25-22(18)16-9-4-3-5-10-16/h3-7,9-10,12-13,17H,2,8,11,14-15H2,1H3,(H,24,26)/t17-/m0/s1. The third-order valence-electron chi connectivity index (χ3n) is 5.14. The number of nitrogens with zero attached hydrogens (tertiary/aromatic N) is 1. The minimum atomic E-state index is -0.0434. The summed E-state index contributed by atoms with van der Waals surface area (Å²) in [6, 6.07) is 18.0. The van der Waals surface area contributed by atoms with E-state index in [4.69, 9.17) is 9.72 Å². The fourth-order valence-corrected chi connectivity index (χ4v) is 3.79. The first kappa shape index (κ1) is 17.7. The Morgan fingerprint density at radius 1 is 1.15 bits per heavy atom. The van der Waals surface area contributed by atoms with Crippen LogP contribution < -0.4 is 5.32 Å². The number of ether oxygens (including phenoxy) is 1. The van der Waals surface area contributed by atoms with E-state index >= 15 is 0 Å². The van der Waals surface area contributed by atoms with Crippen LogP contribution >= 0.6 is 0 Å². The van der Waals surface area contributed by atoms with Crippen LogP contribution in [0.2, 0.25) is 0 Å². The molecule has 1 aromatic heterocycles. The van der Waals surface area contributed by atoms with Crippen molar-refractivity contribution in [2.75, 3.05) is 13.2 Å². The topological polar surface area (TPSA) is 51.2 Å². The van der Waals surface area contributed by atoms with E-state index in [1.165, 1.54) is 0 Å². The molecule has 1 aliphatic rings. The van der Waals surface area contributed by atoms with Crippen molar-refractivity contribution in [1.82, 2.24) is 10.3 Å². The molecule has 4 nitrogen and oxygen atoms in total. The normalized spacial score (nSPS) is 16.6. The zero-order valence-electron chi connectivity index (χ0n) is 15.6. The van der Waals surface area contributed by atoms with E-state index in [0.29, 0.717) is 6.54 Å². The van der Waals surface area contributed by atoms with E-state index in [1.54, 1.807) is 0 Å². The monoisotopic (exact) mass is 360 g/mol. The van der Waals surface area contributed by atoms with Crippen LogP contribution in [0.15, 0.2) is 54.6 Å². The number of nitrogens with one attached hydrogen (secondary N) is 1. The zero-order chi connectivity index (χ0) is 18.6. The molecule has 27 heavy (non-hydrogen) atoms. The van der Waals surface area contributed by atoms with Crippen molar-refractivity contribution in [2.45, 2.75) is 32.3 Å². The second-order valence-electron chi connectivity index (χ2n) is 6.90. The van der Waals surface area contributed by atoms with Crippen LogP contribution in [0.3, 0.4) is 0 Å². The van der Waals surface area contributed by atoms with Gasteiger partial charge in [0.2, 0.25) is 0 Å². The molecule has 0 radical (unpaired) electrons. The van der Waals surface area contributed by atoms with Gasteiger partial charge >= 0.3 is 0 Å². The molecule has 1 N–H and O–H groups in total. The summed E-state index contributed by atoms with van der Waals surface area (Å²) in [5, 5.41) is 4.00. The first-order chi connectivity index (χ1) is 13.3. The van der Waals surface area contributed by atoms with Crippen molar-refractivity contribution < 1.29 is 9.53 Å². The highest BCUT2D eigenvalue weighted by atomic mass is 16.5. The number of fused-ring (bicyclic) bond motifs is 1. The fraction of sp³-hybridized carbons (Fsp3) is 0.304. The van der Waals surface area contributed by atoms with Gasteiger partial charge in [-0.2, -0.15) is 0 Å². The van der Waals surface area contributed by atoms with Gasteiger partial charge in [0.25, 0.3) is 5.91 Å². The van der Waals surface area contributed by atoms with Crippen LogP contribution in [0, 0.1) is 0 Å². The van der Waals surface area contributed by atoms with Crippen LogP contribution in [0.1, 0.15) is 35.7 Å². The lowest BCUT2D eigenvalue weighted by Gasteiger charge is -2.17. The Labute approximate surface area is 159 Å². The summed E-state index contributed by atoms with van der Waals surface area (Å²) in [7, 11) is 0. The Bertz CT molecular complexity index is 947. The number of hydrogen-bond acceptors (Lipinski definition) is 3. The Balaban J connectivity index is 1.80. The molecular weight excluding hydrogens is 336 g/mol. The van der Waals surface area contributed by atoms with Crippen LogP contribution in [0.5, 0.6) is 0 Å². The van der Waals surface area contributed by atoms with Crippen molar-refractivity contribution in [1.29, 1.82) is 0 Å². The molecule has 0 saturated carbocycles. The summed E-state index contributed by atoms with van der Waals surface area (Å²) in [6.45, 7) is 3.42. The van der Waals surface area contributed by atoms with Gasteiger partial charge in [-0.1, -0.05) is 55.5 Å². The van der Waals surface area contributed by atoms with E-state index in [0.717, 1.165) is 59.2 Å². The Kier molecular flexibility index (Phi) is 5.16. The van der Waals surface area contributed by atoms with Crippen molar-refractivity contribution in [3.8, 4) is 11.3 Å². The Hall–Kier alpha value is -2.72. The van der Waals surface area contributed by atoms with Gasteiger partial charge in [-0.15, -0.1) is 0 Å². The molecule has 1 amide bonds. The van der Waals surface area contributed by atoms with Crippen LogP contribution in [0.25, 0.3) is 22.2 Å². The predicted octanol–water partition coefficient (Wildman–Crippen LogP) is 4.37. The number of hydrogen-bond donors (Lipinski definition) is 1. The molecule has 0 aliphatic carbocycles. The molecule has 1 atom stereocenters. The maximum atomic E-state index is 13.2. The van der Waals surface area contributed by atoms with Gasteiger partial charge in [0.1, 0.15) is 0 Å². The van der Waals surface area contributed by atoms with Crippen LogP contribution in [0.4, 0.5) is 0 Å².